The van der Waals surface area contributed by atoms with Gasteiger partial charge in [0.1, 0.15) is 17.6 Å². The highest BCUT2D eigenvalue weighted by Crippen LogP contribution is 2.16. The zero-order chi connectivity index (χ0) is 12.8. The van der Waals surface area contributed by atoms with Gasteiger partial charge in [0.2, 0.25) is 0 Å². The van der Waals surface area contributed by atoms with Crippen LogP contribution in [0.15, 0.2) is 42.6 Å². The second-order valence-corrected chi connectivity index (χ2v) is 3.67. The molecule has 0 radical (unpaired) electrons. The molecule has 1 aromatic carbocycles. The van der Waals surface area contributed by atoms with Crippen molar-refractivity contribution in [3.05, 3.63) is 59.7 Å². The lowest BCUT2D eigenvalue weighted by molar-refractivity contribution is 0.319. The number of nitriles is 1. The number of rotatable bonds is 4. The van der Waals surface area contributed by atoms with Crippen molar-refractivity contribution in [1.29, 1.82) is 5.26 Å². The van der Waals surface area contributed by atoms with Gasteiger partial charge in [-0.05, 0) is 24.3 Å². The number of hydrogen-bond acceptors (Lipinski definition) is 3. The van der Waals surface area contributed by atoms with Gasteiger partial charge in [0.25, 0.3) is 0 Å². The van der Waals surface area contributed by atoms with Crippen LogP contribution in [0.3, 0.4) is 0 Å². The summed E-state index contributed by atoms with van der Waals surface area (Å²) >= 11 is 0. The maximum absolute atomic E-state index is 13.3. The predicted octanol–water partition coefficient (Wildman–Crippen LogP) is 2.71. The Morgan fingerprint density at radius 2 is 2.17 bits per heavy atom. The normalized spacial score (nSPS) is 9.78. The summed E-state index contributed by atoms with van der Waals surface area (Å²) in [6, 6.07) is 11.6. The van der Waals surface area contributed by atoms with Crippen LogP contribution in [0.25, 0.3) is 0 Å². The van der Waals surface area contributed by atoms with Crippen molar-refractivity contribution in [3.8, 4) is 11.8 Å². The number of nitrogens with zero attached hydrogens (tertiary/aromatic N) is 2. The average molecular weight is 242 g/mol. The van der Waals surface area contributed by atoms with Gasteiger partial charge in [-0.2, -0.15) is 5.26 Å². The predicted molar refractivity (Wildman–Crippen MR) is 64.6 cm³/mol. The van der Waals surface area contributed by atoms with Crippen molar-refractivity contribution in [2.24, 2.45) is 0 Å². The number of pyridine rings is 1. The molecule has 0 saturated heterocycles. The van der Waals surface area contributed by atoms with E-state index in [0.29, 0.717) is 18.8 Å². The topological polar surface area (TPSA) is 45.9 Å². The Morgan fingerprint density at radius 3 is 2.83 bits per heavy atom. The Labute approximate surface area is 104 Å². The standard InChI is InChI=1S/C14H11FN2O/c15-14-9-13(5-4-11(14)10-16)18-8-6-12-3-1-2-7-17-12/h1-5,7,9H,6,8H2. The molecular weight excluding hydrogens is 231 g/mol. The highest BCUT2D eigenvalue weighted by Gasteiger charge is 2.03. The van der Waals surface area contributed by atoms with Gasteiger partial charge in [-0.15, -0.1) is 0 Å². The van der Waals surface area contributed by atoms with Gasteiger partial charge in [0, 0.05) is 24.4 Å². The van der Waals surface area contributed by atoms with Gasteiger partial charge >= 0.3 is 0 Å². The van der Waals surface area contributed by atoms with Crippen molar-refractivity contribution >= 4 is 0 Å². The summed E-state index contributed by atoms with van der Waals surface area (Å²) in [6.07, 6.45) is 2.37. The van der Waals surface area contributed by atoms with Crippen LogP contribution < -0.4 is 4.74 Å². The van der Waals surface area contributed by atoms with Crippen LogP contribution in [0, 0.1) is 17.1 Å². The molecule has 18 heavy (non-hydrogen) atoms. The SMILES string of the molecule is N#Cc1ccc(OCCc2ccccn2)cc1F. The zero-order valence-corrected chi connectivity index (χ0v) is 9.64. The van der Waals surface area contributed by atoms with Crippen LogP contribution in [-0.4, -0.2) is 11.6 Å². The third-order valence-corrected chi connectivity index (χ3v) is 2.41. The fourth-order valence-electron chi connectivity index (χ4n) is 1.50. The summed E-state index contributed by atoms with van der Waals surface area (Å²) in [5.74, 6) is -0.143. The molecule has 1 heterocycles. The number of halogens is 1. The first-order valence-electron chi connectivity index (χ1n) is 5.52. The Balaban J connectivity index is 1.91. The van der Waals surface area contributed by atoms with E-state index in [-0.39, 0.29) is 5.56 Å². The van der Waals surface area contributed by atoms with Gasteiger partial charge in [0.05, 0.1) is 12.2 Å². The van der Waals surface area contributed by atoms with E-state index in [4.69, 9.17) is 10.00 Å². The monoisotopic (exact) mass is 242 g/mol. The van der Waals surface area contributed by atoms with E-state index < -0.39 is 5.82 Å². The van der Waals surface area contributed by atoms with E-state index in [1.54, 1.807) is 18.3 Å². The molecule has 0 atom stereocenters. The second kappa shape index (κ2) is 5.78. The van der Waals surface area contributed by atoms with Gasteiger partial charge in [-0.25, -0.2) is 4.39 Å². The van der Waals surface area contributed by atoms with Crippen LogP contribution in [0.4, 0.5) is 4.39 Å². The molecule has 0 unspecified atom stereocenters. The van der Waals surface area contributed by atoms with E-state index in [0.717, 1.165) is 5.69 Å². The molecule has 0 amide bonds. The van der Waals surface area contributed by atoms with Gasteiger partial charge in [-0.3, -0.25) is 4.98 Å². The maximum atomic E-state index is 13.3. The molecule has 0 N–H and O–H groups in total. The van der Waals surface area contributed by atoms with Crippen LogP contribution in [0.2, 0.25) is 0 Å². The number of hydrogen-bond donors (Lipinski definition) is 0. The molecule has 3 nitrogen and oxygen atoms in total. The molecule has 1 aromatic heterocycles. The Bertz CT molecular complexity index is 564. The molecule has 4 heteroatoms. The summed E-state index contributed by atoms with van der Waals surface area (Å²) in [5.41, 5.74) is 0.943. The van der Waals surface area contributed by atoms with E-state index in [1.807, 2.05) is 18.2 Å². The van der Waals surface area contributed by atoms with Crippen molar-refractivity contribution in [3.63, 3.8) is 0 Å². The fourth-order valence-corrected chi connectivity index (χ4v) is 1.50. The summed E-state index contributed by atoms with van der Waals surface area (Å²) < 4.78 is 18.7. The fraction of sp³-hybridized carbons (Fsp3) is 0.143. The van der Waals surface area contributed by atoms with Crippen LogP contribution in [0.5, 0.6) is 5.75 Å². The largest absolute Gasteiger partial charge is 0.493 e. The van der Waals surface area contributed by atoms with Crippen molar-refractivity contribution in [2.45, 2.75) is 6.42 Å². The lowest BCUT2D eigenvalue weighted by Crippen LogP contribution is -2.03. The molecule has 90 valence electrons. The third-order valence-electron chi connectivity index (χ3n) is 2.41. The quantitative estimate of drug-likeness (QED) is 0.828. The molecule has 0 aliphatic heterocycles. The summed E-state index contributed by atoms with van der Waals surface area (Å²) in [4.78, 5) is 4.16. The average Bonchev–Trinajstić information content (AvgIpc) is 2.40. The van der Waals surface area contributed by atoms with Crippen molar-refractivity contribution in [2.75, 3.05) is 6.61 Å². The number of ether oxygens (including phenoxy) is 1. The highest BCUT2D eigenvalue weighted by molar-refractivity contribution is 5.36. The minimum absolute atomic E-state index is 0.0204. The molecule has 2 aromatic rings. The highest BCUT2D eigenvalue weighted by atomic mass is 19.1. The van der Waals surface area contributed by atoms with E-state index >= 15 is 0 Å². The minimum atomic E-state index is -0.562. The van der Waals surface area contributed by atoms with Crippen LogP contribution in [-0.2, 0) is 6.42 Å². The maximum Gasteiger partial charge on any atom is 0.144 e. The Hall–Kier alpha value is -2.41. The zero-order valence-electron chi connectivity index (χ0n) is 9.64. The lowest BCUT2D eigenvalue weighted by atomic mass is 10.2. The summed E-state index contributed by atoms with van der Waals surface area (Å²) in [7, 11) is 0. The van der Waals surface area contributed by atoms with Crippen molar-refractivity contribution in [1.82, 2.24) is 4.98 Å². The second-order valence-electron chi connectivity index (χ2n) is 3.67. The molecule has 0 aliphatic carbocycles. The molecule has 2 rings (SSSR count). The third kappa shape index (κ3) is 3.05. The summed E-state index contributed by atoms with van der Waals surface area (Å²) in [6.45, 7) is 0.419. The molecule has 0 aliphatic rings. The first-order valence-corrected chi connectivity index (χ1v) is 5.52. The number of benzene rings is 1. The van der Waals surface area contributed by atoms with Crippen LogP contribution >= 0.6 is 0 Å². The Morgan fingerprint density at radius 1 is 1.28 bits per heavy atom. The van der Waals surface area contributed by atoms with Gasteiger partial charge in [-0.1, -0.05) is 6.07 Å². The molecule has 0 spiro atoms. The lowest BCUT2D eigenvalue weighted by Gasteiger charge is -2.06. The first kappa shape index (κ1) is 12.1. The Kier molecular flexibility index (Phi) is 3.87. The van der Waals surface area contributed by atoms with E-state index in [1.165, 1.54) is 12.1 Å². The summed E-state index contributed by atoms with van der Waals surface area (Å²) in [5, 5.41) is 8.59. The van der Waals surface area contributed by atoms with Crippen LogP contribution in [0.1, 0.15) is 11.3 Å². The van der Waals surface area contributed by atoms with E-state index in [2.05, 4.69) is 4.98 Å². The molecule has 0 saturated carbocycles. The minimum Gasteiger partial charge on any atom is -0.493 e. The number of aromatic nitrogens is 1. The molecule has 0 fully saturated rings. The molecule has 0 bridgehead atoms. The first-order chi connectivity index (χ1) is 8.79. The van der Waals surface area contributed by atoms with Gasteiger partial charge in [0.15, 0.2) is 0 Å². The van der Waals surface area contributed by atoms with Crippen molar-refractivity contribution < 1.29 is 9.13 Å². The van der Waals surface area contributed by atoms with E-state index in [9.17, 15) is 4.39 Å². The molecular formula is C14H11FN2O. The smallest absolute Gasteiger partial charge is 0.144 e. The van der Waals surface area contributed by atoms with Gasteiger partial charge < -0.3 is 4.74 Å².